The van der Waals surface area contributed by atoms with E-state index in [0.717, 1.165) is 18.4 Å². The highest BCUT2D eigenvalue weighted by Gasteiger charge is 2.42. The molecule has 0 radical (unpaired) electrons. The summed E-state index contributed by atoms with van der Waals surface area (Å²) in [6, 6.07) is 17.4. The van der Waals surface area contributed by atoms with Gasteiger partial charge >= 0.3 is 0 Å². The monoisotopic (exact) mass is 255 g/mol. The fourth-order valence-electron chi connectivity index (χ4n) is 2.86. The number of benzene rings is 2. The van der Waals surface area contributed by atoms with Crippen molar-refractivity contribution in [2.45, 2.75) is 24.8 Å². The van der Waals surface area contributed by atoms with E-state index in [2.05, 4.69) is 24.3 Å². The summed E-state index contributed by atoms with van der Waals surface area (Å²) in [7, 11) is 0. The number of nitrogens with two attached hydrogens (primary N) is 1. The van der Waals surface area contributed by atoms with E-state index in [4.69, 9.17) is 5.73 Å². The van der Waals surface area contributed by atoms with E-state index in [1.54, 1.807) is 12.1 Å². The Morgan fingerprint density at radius 3 is 2.63 bits per heavy atom. The van der Waals surface area contributed by atoms with Gasteiger partial charge in [-0.1, -0.05) is 42.5 Å². The Morgan fingerprint density at radius 2 is 1.89 bits per heavy atom. The van der Waals surface area contributed by atoms with Crippen LogP contribution in [0.4, 0.5) is 4.39 Å². The molecule has 2 aromatic carbocycles. The van der Waals surface area contributed by atoms with Gasteiger partial charge in [-0.15, -0.1) is 0 Å². The summed E-state index contributed by atoms with van der Waals surface area (Å²) >= 11 is 0. The van der Waals surface area contributed by atoms with Crippen molar-refractivity contribution in [3.05, 3.63) is 71.5 Å². The van der Waals surface area contributed by atoms with Crippen LogP contribution in [0, 0.1) is 11.7 Å². The molecule has 1 aliphatic rings. The zero-order chi connectivity index (χ0) is 13.2. The van der Waals surface area contributed by atoms with Crippen LogP contribution in [0.1, 0.15) is 23.5 Å². The summed E-state index contributed by atoms with van der Waals surface area (Å²) in [6.07, 6.45) is 1.91. The van der Waals surface area contributed by atoms with Crippen LogP contribution in [-0.2, 0) is 6.42 Å². The summed E-state index contributed by atoms with van der Waals surface area (Å²) in [5, 5.41) is 0. The Labute approximate surface area is 113 Å². The molecule has 1 saturated carbocycles. The minimum atomic E-state index is -0.180. The Morgan fingerprint density at radius 1 is 1.11 bits per heavy atom. The third kappa shape index (κ3) is 2.85. The van der Waals surface area contributed by atoms with Gasteiger partial charge in [0.05, 0.1) is 0 Å². The average Bonchev–Trinajstić information content (AvgIpc) is 3.20. The van der Waals surface area contributed by atoms with Crippen molar-refractivity contribution in [1.29, 1.82) is 0 Å². The van der Waals surface area contributed by atoms with Gasteiger partial charge in [-0.2, -0.15) is 0 Å². The normalized spacial score (nSPS) is 23.1. The van der Waals surface area contributed by atoms with Crippen molar-refractivity contribution in [3.63, 3.8) is 0 Å². The van der Waals surface area contributed by atoms with E-state index in [0.29, 0.717) is 11.8 Å². The minimum absolute atomic E-state index is 0.118. The second-order valence-electron chi connectivity index (χ2n) is 5.41. The van der Waals surface area contributed by atoms with Gasteiger partial charge in [-0.05, 0) is 47.9 Å². The maximum absolute atomic E-state index is 13.1. The first-order valence-corrected chi connectivity index (χ1v) is 6.79. The first-order valence-electron chi connectivity index (χ1n) is 6.79. The molecule has 1 aliphatic carbocycles. The lowest BCUT2D eigenvalue weighted by Gasteiger charge is -2.11. The van der Waals surface area contributed by atoms with Crippen molar-refractivity contribution in [2.24, 2.45) is 11.7 Å². The Hall–Kier alpha value is -1.67. The maximum atomic E-state index is 13.1. The minimum Gasteiger partial charge on any atom is -0.327 e. The highest BCUT2D eigenvalue weighted by molar-refractivity contribution is 5.27. The molecule has 0 amide bonds. The highest BCUT2D eigenvalue weighted by atomic mass is 19.1. The lowest BCUT2D eigenvalue weighted by Crippen LogP contribution is -2.26. The van der Waals surface area contributed by atoms with Crippen LogP contribution in [0.2, 0.25) is 0 Å². The molecular formula is C17H18FN. The van der Waals surface area contributed by atoms with E-state index >= 15 is 0 Å². The smallest absolute Gasteiger partial charge is 0.123 e. The van der Waals surface area contributed by atoms with Gasteiger partial charge in [0.25, 0.3) is 0 Å². The predicted octanol–water partition coefficient (Wildman–Crippen LogP) is 3.50. The van der Waals surface area contributed by atoms with E-state index in [1.165, 1.54) is 11.6 Å². The maximum Gasteiger partial charge on any atom is 0.123 e. The van der Waals surface area contributed by atoms with Crippen LogP contribution >= 0.6 is 0 Å². The summed E-state index contributed by atoms with van der Waals surface area (Å²) in [5.74, 6) is 0.940. The van der Waals surface area contributed by atoms with Gasteiger partial charge in [0.1, 0.15) is 5.82 Å². The number of hydrogen-bond acceptors (Lipinski definition) is 1. The molecule has 0 bridgehead atoms. The molecule has 0 saturated heterocycles. The molecule has 0 aromatic heterocycles. The summed E-state index contributed by atoms with van der Waals surface area (Å²) < 4.78 is 13.1. The van der Waals surface area contributed by atoms with Crippen LogP contribution in [0.25, 0.3) is 0 Å². The molecule has 2 aromatic rings. The molecule has 0 aliphatic heterocycles. The van der Waals surface area contributed by atoms with Crippen molar-refractivity contribution in [3.8, 4) is 0 Å². The van der Waals surface area contributed by atoms with Crippen molar-refractivity contribution in [1.82, 2.24) is 0 Å². The van der Waals surface area contributed by atoms with E-state index in [-0.39, 0.29) is 11.9 Å². The van der Waals surface area contributed by atoms with E-state index in [1.807, 2.05) is 12.1 Å². The standard InChI is InChI=1S/C17H18FN/c18-14-8-4-5-12(9-14)10-17(19)16-11-15(16)13-6-2-1-3-7-13/h1-9,15-17H,10-11,19H2. The van der Waals surface area contributed by atoms with Gasteiger partial charge in [-0.3, -0.25) is 0 Å². The van der Waals surface area contributed by atoms with Crippen LogP contribution in [0.5, 0.6) is 0 Å². The van der Waals surface area contributed by atoms with Crippen LogP contribution < -0.4 is 5.73 Å². The molecule has 98 valence electrons. The zero-order valence-electron chi connectivity index (χ0n) is 10.8. The van der Waals surface area contributed by atoms with Crippen molar-refractivity contribution >= 4 is 0 Å². The quantitative estimate of drug-likeness (QED) is 0.889. The molecule has 3 atom stereocenters. The molecule has 19 heavy (non-hydrogen) atoms. The van der Waals surface area contributed by atoms with Crippen molar-refractivity contribution in [2.75, 3.05) is 0 Å². The molecule has 0 heterocycles. The SMILES string of the molecule is NC(Cc1cccc(F)c1)C1CC1c1ccccc1. The predicted molar refractivity (Wildman–Crippen MR) is 75.4 cm³/mol. The van der Waals surface area contributed by atoms with E-state index in [9.17, 15) is 4.39 Å². The molecule has 1 nitrogen and oxygen atoms in total. The third-order valence-electron chi connectivity index (χ3n) is 3.98. The van der Waals surface area contributed by atoms with Crippen molar-refractivity contribution < 1.29 is 4.39 Å². The van der Waals surface area contributed by atoms with Gasteiger partial charge in [0, 0.05) is 6.04 Å². The second-order valence-corrected chi connectivity index (χ2v) is 5.41. The molecular weight excluding hydrogens is 237 g/mol. The van der Waals surface area contributed by atoms with E-state index < -0.39 is 0 Å². The Bertz CT molecular complexity index is 552. The first-order chi connectivity index (χ1) is 9.24. The number of halogens is 1. The molecule has 2 N–H and O–H groups in total. The van der Waals surface area contributed by atoms with Gasteiger partial charge in [0.2, 0.25) is 0 Å². The fourth-order valence-corrected chi connectivity index (χ4v) is 2.86. The Kier molecular flexibility index (Phi) is 3.34. The first kappa shape index (κ1) is 12.4. The molecule has 0 spiro atoms. The number of hydrogen-bond donors (Lipinski definition) is 1. The lowest BCUT2D eigenvalue weighted by atomic mass is 9.99. The summed E-state index contributed by atoms with van der Waals surface area (Å²) in [4.78, 5) is 0. The van der Waals surface area contributed by atoms with Gasteiger partial charge in [-0.25, -0.2) is 4.39 Å². The second kappa shape index (κ2) is 5.14. The van der Waals surface area contributed by atoms with Crippen LogP contribution in [-0.4, -0.2) is 6.04 Å². The van der Waals surface area contributed by atoms with Crippen LogP contribution in [0.3, 0.4) is 0 Å². The van der Waals surface area contributed by atoms with Gasteiger partial charge in [0.15, 0.2) is 0 Å². The van der Waals surface area contributed by atoms with Crippen LogP contribution in [0.15, 0.2) is 54.6 Å². The topological polar surface area (TPSA) is 26.0 Å². The van der Waals surface area contributed by atoms with Gasteiger partial charge < -0.3 is 5.73 Å². The summed E-state index contributed by atoms with van der Waals surface area (Å²) in [6.45, 7) is 0. The zero-order valence-corrected chi connectivity index (χ0v) is 10.8. The number of rotatable bonds is 4. The fraction of sp³-hybridized carbons (Fsp3) is 0.294. The lowest BCUT2D eigenvalue weighted by molar-refractivity contribution is 0.572. The largest absolute Gasteiger partial charge is 0.327 e. The Balaban J connectivity index is 1.63. The average molecular weight is 255 g/mol. The highest BCUT2D eigenvalue weighted by Crippen LogP contribution is 2.49. The molecule has 2 heteroatoms. The molecule has 3 rings (SSSR count). The molecule has 1 fully saturated rings. The summed E-state index contributed by atoms with van der Waals surface area (Å²) in [5.41, 5.74) is 8.64. The molecule has 3 unspecified atom stereocenters. The third-order valence-corrected chi connectivity index (χ3v) is 3.98.